The predicted octanol–water partition coefficient (Wildman–Crippen LogP) is 3.47. The van der Waals surface area contributed by atoms with Gasteiger partial charge in [0.05, 0.1) is 10.8 Å². The van der Waals surface area contributed by atoms with Crippen molar-refractivity contribution in [3.8, 4) is 0 Å². The summed E-state index contributed by atoms with van der Waals surface area (Å²) >= 11 is 7.37. The van der Waals surface area contributed by atoms with Crippen LogP contribution in [0.3, 0.4) is 0 Å². The van der Waals surface area contributed by atoms with Crippen molar-refractivity contribution in [2.75, 3.05) is 11.1 Å². The van der Waals surface area contributed by atoms with Gasteiger partial charge in [-0.3, -0.25) is 4.79 Å². The van der Waals surface area contributed by atoms with E-state index >= 15 is 0 Å². The Labute approximate surface area is 115 Å². The molecule has 0 fully saturated rings. The Balaban J connectivity index is 1.88. The summed E-state index contributed by atoms with van der Waals surface area (Å²) in [5, 5.41) is 3.12. The van der Waals surface area contributed by atoms with Crippen LogP contribution in [0.25, 0.3) is 0 Å². The lowest BCUT2D eigenvalue weighted by molar-refractivity contribution is -0.113. The molecular formula is C13H11ClN2OS. The van der Waals surface area contributed by atoms with Gasteiger partial charge < -0.3 is 5.32 Å². The molecule has 0 spiro atoms. The molecule has 1 aromatic heterocycles. The molecule has 1 N–H and O–H groups in total. The van der Waals surface area contributed by atoms with Gasteiger partial charge in [0.25, 0.3) is 0 Å². The fourth-order valence-electron chi connectivity index (χ4n) is 1.31. The molecule has 0 aliphatic rings. The van der Waals surface area contributed by atoms with Gasteiger partial charge in [-0.05, 0) is 24.3 Å². The van der Waals surface area contributed by atoms with Gasteiger partial charge in [0.15, 0.2) is 5.82 Å². The smallest absolute Gasteiger partial charge is 0.235 e. The summed E-state index contributed by atoms with van der Waals surface area (Å²) in [6.45, 7) is 0. The van der Waals surface area contributed by atoms with E-state index in [1.54, 1.807) is 18.3 Å². The van der Waals surface area contributed by atoms with E-state index in [2.05, 4.69) is 10.3 Å². The first-order chi connectivity index (χ1) is 8.75. The summed E-state index contributed by atoms with van der Waals surface area (Å²) < 4.78 is 0. The lowest BCUT2D eigenvalue weighted by Crippen LogP contribution is -2.15. The summed E-state index contributed by atoms with van der Waals surface area (Å²) in [6.07, 6.45) is 1.59. The molecule has 1 amide bonds. The quantitative estimate of drug-likeness (QED) is 0.871. The maximum atomic E-state index is 11.7. The number of amides is 1. The van der Waals surface area contributed by atoms with E-state index in [9.17, 15) is 4.79 Å². The van der Waals surface area contributed by atoms with Crippen LogP contribution >= 0.6 is 23.4 Å². The molecular weight excluding hydrogens is 268 g/mol. The maximum Gasteiger partial charge on any atom is 0.235 e. The van der Waals surface area contributed by atoms with E-state index < -0.39 is 0 Å². The number of halogens is 1. The standard InChI is InChI=1S/C13H11ClN2OS/c14-11-7-4-8-15-13(11)16-12(17)9-18-10-5-2-1-3-6-10/h1-8H,9H2,(H,15,16,17). The topological polar surface area (TPSA) is 42.0 Å². The van der Waals surface area contributed by atoms with Crippen molar-refractivity contribution in [2.24, 2.45) is 0 Å². The number of carbonyl (C=O) groups excluding carboxylic acids is 1. The van der Waals surface area contributed by atoms with Crippen LogP contribution < -0.4 is 5.32 Å². The molecule has 0 unspecified atom stereocenters. The zero-order chi connectivity index (χ0) is 12.8. The zero-order valence-electron chi connectivity index (χ0n) is 9.47. The zero-order valence-corrected chi connectivity index (χ0v) is 11.0. The highest BCUT2D eigenvalue weighted by Gasteiger charge is 2.06. The van der Waals surface area contributed by atoms with E-state index in [0.717, 1.165) is 4.90 Å². The van der Waals surface area contributed by atoms with Crippen LogP contribution in [0.15, 0.2) is 53.6 Å². The number of anilines is 1. The highest BCUT2D eigenvalue weighted by molar-refractivity contribution is 8.00. The van der Waals surface area contributed by atoms with E-state index in [4.69, 9.17) is 11.6 Å². The van der Waals surface area contributed by atoms with Gasteiger partial charge in [-0.25, -0.2) is 4.98 Å². The van der Waals surface area contributed by atoms with E-state index in [1.165, 1.54) is 11.8 Å². The molecule has 2 aromatic rings. The number of thioether (sulfide) groups is 1. The van der Waals surface area contributed by atoms with Crippen LogP contribution in [0.5, 0.6) is 0 Å². The Morgan fingerprint density at radius 3 is 2.72 bits per heavy atom. The lowest BCUT2D eigenvalue weighted by atomic mass is 10.4. The fraction of sp³-hybridized carbons (Fsp3) is 0.0769. The molecule has 0 saturated carbocycles. The third-order valence-electron chi connectivity index (χ3n) is 2.13. The van der Waals surface area contributed by atoms with Crippen molar-refractivity contribution >= 4 is 35.1 Å². The van der Waals surface area contributed by atoms with Gasteiger partial charge in [0.1, 0.15) is 0 Å². The molecule has 3 nitrogen and oxygen atoms in total. The van der Waals surface area contributed by atoms with Crippen LogP contribution in [0, 0.1) is 0 Å². The van der Waals surface area contributed by atoms with Crippen molar-refractivity contribution < 1.29 is 4.79 Å². The number of nitrogens with one attached hydrogen (secondary N) is 1. The van der Waals surface area contributed by atoms with Crippen LogP contribution in [-0.2, 0) is 4.79 Å². The molecule has 92 valence electrons. The number of pyridine rings is 1. The average Bonchev–Trinajstić information content (AvgIpc) is 2.40. The Morgan fingerprint density at radius 2 is 2.00 bits per heavy atom. The van der Waals surface area contributed by atoms with E-state index in [0.29, 0.717) is 16.6 Å². The van der Waals surface area contributed by atoms with Crippen molar-refractivity contribution in [2.45, 2.75) is 4.90 Å². The fourth-order valence-corrected chi connectivity index (χ4v) is 2.20. The highest BCUT2D eigenvalue weighted by Crippen LogP contribution is 2.20. The number of aromatic nitrogens is 1. The van der Waals surface area contributed by atoms with Crippen molar-refractivity contribution in [3.63, 3.8) is 0 Å². The molecule has 1 aromatic carbocycles. The second kappa shape index (κ2) is 6.42. The van der Waals surface area contributed by atoms with Crippen LogP contribution in [0.2, 0.25) is 5.02 Å². The largest absolute Gasteiger partial charge is 0.309 e. The number of carbonyl (C=O) groups is 1. The van der Waals surface area contributed by atoms with Crippen molar-refractivity contribution in [3.05, 3.63) is 53.7 Å². The Kier molecular flexibility index (Phi) is 4.61. The molecule has 0 atom stereocenters. The summed E-state index contributed by atoms with van der Waals surface area (Å²) in [4.78, 5) is 16.8. The first-order valence-corrected chi connectivity index (χ1v) is 6.70. The molecule has 18 heavy (non-hydrogen) atoms. The third kappa shape index (κ3) is 3.75. The second-order valence-corrected chi connectivity index (χ2v) is 4.94. The minimum absolute atomic E-state index is 0.121. The van der Waals surface area contributed by atoms with Crippen LogP contribution in [-0.4, -0.2) is 16.6 Å². The van der Waals surface area contributed by atoms with Gasteiger partial charge in [-0.2, -0.15) is 0 Å². The van der Waals surface area contributed by atoms with Gasteiger partial charge in [-0.1, -0.05) is 29.8 Å². The minimum Gasteiger partial charge on any atom is -0.309 e. The number of hydrogen-bond acceptors (Lipinski definition) is 3. The Morgan fingerprint density at radius 1 is 1.22 bits per heavy atom. The van der Waals surface area contributed by atoms with E-state index in [1.807, 2.05) is 30.3 Å². The average molecular weight is 279 g/mol. The normalized spacial score (nSPS) is 10.1. The maximum absolute atomic E-state index is 11.7. The highest BCUT2D eigenvalue weighted by atomic mass is 35.5. The Hall–Kier alpha value is -1.52. The van der Waals surface area contributed by atoms with Gasteiger partial charge >= 0.3 is 0 Å². The third-order valence-corrected chi connectivity index (χ3v) is 3.45. The predicted molar refractivity (Wildman–Crippen MR) is 75.0 cm³/mol. The van der Waals surface area contributed by atoms with Gasteiger partial charge in [0, 0.05) is 11.1 Å². The summed E-state index contributed by atoms with van der Waals surface area (Å²) in [5.74, 6) is 0.610. The molecule has 1 heterocycles. The van der Waals surface area contributed by atoms with Gasteiger partial charge in [-0.15, -0.1) is 11.8 Å². The summed E-state index contributed by atoms with van der Waals surface area (Å²) in [6, 6.07) is 13.2. The number of nitrogens with zero attached hydrogens (tertiary/aromatic N) is 1. The molecule has 0 aliphatic carbocycles. The second-order valence-electron chi connectivity index (χ2n) is 3.48. The SMILES string of the molecule is O=C(CSc1ccccc1)Nc1ncccc1Cl. The first-order valence-electron chi connectivity index (χ1n) is 5.34. The number of rotatable bonds is 4. The molecule has 0 aliphatic heterocycles. The minimum atomic E-state index is -0.121. The number of benzene rings is 1. The summed E-state index contributed by atoms with van der Waals surface area (Å²) in [5.41, 5.74) is 0. The first kappa shape index (κ1) is 12.9. The Bertz CT molecular complexity index is 534. The molecule has 2 rings (SSSR count). The van der Waals surface area contributed by atoms with Crippen molar-refractivity contribution in [1.29, 1.82) is 0 Å². The van der Waals surface area contributed by atoms with Crippen LogP contribution in [0.4, 0.5) is 5.82 Å². The monoisotopic (exact) mass is 278 g/mol. The van der Waals surface area contributed by atoms with Crippen molar-refractivity contribution in [1.82, 2.24) is 4.98 Å². The van der Waals surface area contributed by atoms with E-state index in [-0.39, 0.29) is 5.91 Å². The lowest BCUT2D eigenvalue weighted by Gasteiger charge is -2.05. The number of hydrogen-bond donors (Lipinski definition) is 1. The van der Waals surface area contributed by atoms with Crippen LogP contribution in [0.1, 0.15) is 0 Å². The summed E-state index contributed by atoms with van der Waals surface area (Å²) in [7, 11) is 0. The van der Waals surface area contributed by atoms with Gasteiger partial charge in [0.2, 0.25) is 5.91 Å². The molecule has 5 heteroatoms. The molecule has 0 radical (unpaired) electrons. The molecule has 0 bridgehead atoms. The molecule has 0 saturated heterocycles.